The zero-order chi connectivity index (χ0) is 14.0. The molecule has 11 heteroatoms. The summed E-state index contributed by atoms with van der Waals surface area (Å²) in [5.74, 6) is 0. The van der Waals surface area contributed by atoms with Gasteiger partial charge in [-0.2, -0.15) is 0 Å². The first kappa shape index (κ1) is 16.2. The number of rotatable bonds is 0. The first-order valence-corrected chi connectivity index (χ1v) is 6.34. The molecule has 0 radical (unpaired) electrons. The zero-order valence-corrected chi connectivity index (χ0v) is 10.0. The van der Waals surface area contributed by atoms with Gasteiger partial charge in [0.15, 0.2) is 4.98 Å². The molecule has 0 N–H and O–H groups in total. The number of benzene rings is 1. The molecule has 0 aliphatic carbocycles. The minimum Gasteiger partial charge on any atom is -0.0843 e. The molecule has 0 saturated carbocycles. The van der Waals surface area contributed by atoms with Crippen LogP contribution in [-0.2, 0) is 0 Å². The topological polar surface area (TPSA) is 28.1 Å². The molecule has 0 spiro atoms. The molecule has 0 fully saturated rings. The molecule has 1 aromatic rings. The van der Waals surface area contributed by atoms with Gasteiger partial charge in [0, 0.05) is 11.1 Å². The summed E-state index contributed by atoms with van der Waals surface area (Å²) in [6.07, 6.45) is 0. The molecule has 98 valence electrons. The molecule has 0 bridgehead atoms. The van der Waals surface area contributed by atoms with Gasteiger partial charge in [-0.15, -0.1) is 0 Å². The van der Waals surface area contributed by atoms with Gasteiger partial charge >= 0.3 is 38.7 Å². The van der Waals surface area contributed by atoms with E-state index in [4.69, 9.17) is 28.6 Å². The van der Waals surface area contributed by atoms with Crippen LogP contribution in [0.1, 0.15) is 0 Å². The number of halogens is 8. The van der Waals surface area contributed by atoms with E-state index in [2.05, 4.69) is 4.98 Å². The predicted molar refractivity (Wildman–Crippen MR) is 54.8 cm³/mol. The average Bonchev–Trinajstić information content (AvgIpc) is 1.98. The molecule has 0 unspecified atom stereocenters. The van der Waals surface area contributed by atoms with Crippen LogP contribution in [0.15, 0.2) is 18.2 Å². The maximum absolute atomic E-state index is 10.7. The SMILES string of the molecule is F[P-](F)(F)(F)(F)F.N#[N+]c1ccc(Cl)cc1Cl. The molecule has 2 nitrogen and oxygen atoms in total. The summed E-state index contributed by atoms with van der Waals surface area (Å²) in [7, 11) is -10.7. The second-order valence-electron chi connectivity index (χ2n) is 2.65. The van der Waals surface area contributed by atoms with Gasteiger partial charge in [-0.05, 0) is 12.1 Å². The molecule has 0 aliphatic rings. The summed E-state index contributed by atoms with van der Waals surface area (Å²) in [6, 6.07) is 4.64. The van der Waals surface area contributed by atoms with Crippen LogP contribution < -0.4 is 0 Å². The van der Waals surface area contributed by atoms with Crippen LogP contribution in [-0.4, -0.2) is 0 Å². The van der Waals surface area contributed by atoms with E-state index >= 15 is 0 Å². The van der Waals surface area contributed by atoms with E-state index in [9.17, 15) is 25.2 Å². The Morgan fingerprint density at radius 1 is 1.00 bits per heavy atom. The molecule has 1 rings (SSSR count). The molecule has 0 heterocycles. The van der Waals surface area contributed by atoms with Crippen molar-refractivity contribution < 1.29 is 25.2 Å². The van der Waals surface area contributed by atoms with E-state index in [1.54, 1.807) is 6.07 Å². The molecular formula is C6H3Cl2F6N2P. The number of diazo groups is 1. The van der Waals surface area contributed by atoms with Crippen molar-refractivity contribution in [2.24, 2.45) is 0 Å². The van der Waals surface area contributed by atoms with Crippen LogP contribution in [0.25, 0.3) is 4.98 Å². The fraction of sp³-hybridized carbons (Fsp3) is 0. The van der Waals surface area contributed by atoms with Crippen LogP contribution in [0, 0.1) is 5.39 Å². The van der Waals surface area contributed by atoms with E-state index in [1.807, 2.05) is 0 Å². The van der Waals surface area contributed by atoms with E-state index in [-0.39, 0.29) is 0 Å². The van der Waals surface area contributed by atoms with Crippen molar-refractivity contribution in [2.75, 3.05) is 0 Å². The monoisotopic (exact) mass is 318 g/mol. The maximum atomic E-state index is 9.87. The summed E-state index contributed by atoms with van der Waals surface area (Å²) < 4.78 is 59.2. The fourth-order valence-electron chi connectivity index (χ4n) is 0.562. The molecule has 1 aromatic carbocycles. The summed E-state index contributed by atoms with van der Waals surface area (Å²) >= 11 is 11.2. The van der Waals surface area contributed by atoms with Crippen molar-refractivity contribution in [1.82, 2.24) is 0 Å². The van der Waals surface area contributed by atoms with E-state index < -0.39 is 7.81 Å². The van der Waals surface area contributed by atoms with Gasteiger partial charge < -0.3 is 0 Å². The Kier molecular flexibility index (Phi) is 3.97. The minimum atomic E-state index is -10.7. The Bertz CT molecular complexity index is 453. The second-order valence-corrected chi connectivity index (χ2v) is 5.41. The second kappa shape index (κ2) is 4.16. The molecule has 0 saturated heterocycles. The third-order valence-electron chi connectivity index (χ3n) is 1.02. The van der Waals surface area contributed by atoms with Gasteiger partial charge in [0.05, 0.1) is 0 Å². The molecule has 0 amide bonds. The van der Waals surface area contributed by atoms with Crippen LogP contribution in [0.2, 0.25) is 10.0 Å². The van der Waals surface area contributed by atoms with E-state index in [0.29, 0.717) is 15.7 Å². The van der Waals surface area contributed by atoms with Gasteiger partial charge in [0.25, 0.3) is 0 Å². The van der Waals surface area contributed by atoms with Crippen molar-refractivity contribution in [3.63, 3.8) is 0 Å². The fourth-order valence-corrected chi connectivity index (χ4v) is 1.01. The van der Waals surface area contributed by atoms with Crippen molar-refractivity contribution in [1.29, 1.82) is 5.39 Å². The molecule has 17 heavy (non-hydrogen) atoms. The first-order valence-electron chi connectivity index (χ1n) is 3.55. The number of nitrogens with zero attached hydrogens (tertiary/aromatic N) is 2. The normalized spacial score (nSPS) is 14.8. The summed E-state index contributed by atoms with van der Waals surface area (Å²) in [4.78, 5) is 2.92. The van der Waals surface area contributed by atoms with Crippen LogP contribution in [0.5, 0.6) is 0 Å². The smallest absolute Gasteiger partial charge is 0.0843 e. The molecular weight excluding hydrogens is 316 g/mol. The summed E-state index contributed by atoms with van der Waals surface area (Å²) in [6.45, 7) is 0. The summed E-state index contributed by atoms with van der Waals surface area (Å²) in [5.41, 5.74) is 0.325. The van der Waals surface area contributed by atoms with E-state index in [0.717, 1.165) is 0 Å². The first-order chi connectivity index (χ1) is 7.19. The summed E-state index contributed by atoms with van der Waals surface area (Å²) in [5, 5.41) is 9.17. The third kappa shape index (κ3) is 13.2. The Hall–Kier alpha value is -0.770. The Labute approximate surface area is 101 Å². The van der Waals surface area contributed by atoms with Crippen molar-refractivity contribution in [3.05, 3.63) is 33.2 Å². The van der Waals surface area contributed by atoms with Crippen molar-refractivity contribution in [3.8, 4) is 0 Å². The minimum absolute atomic E-state index is 0.325. The van der Waals surface area contributed by atoms with Crippen molar-refractivity contribution >= 4 is 36.7 Å². The quantitative estimate of drug-likeness (QED) is 0.291. The largest absolute Gasteiger partial charge is 0.403 e. The molecule has 0 aliphatic heterocycles. The standard InChI is InChI=1S/C6H3Cl2N2.F6P/c7-4-1-2-6(10-9)5(8)3-4;1-7(2,3,4,5)6/h1-3H;/q+1;-1. The Morgan fingerprint density at radius 3 is 1.71 bits per heavy atom. The predicted octanol–water partition coefficient (Wildman–Crippen LogP) is 6.86. The average molecular weight is 319 g/mol. The third-order valence-corrected chi connectivity index (χ3v) is 1.56. The van der Waals surface area contributed by atoms with Gasteiger partial charge in [0.1, 0.15) is 5.02 Å². The van der Waals surface area contributed by atoms with Gasteiger partial charge in [-0.3, -0.25) is 0 Å². The van der Waals surface area contributed by atoms with Crippen LogP contribution in [0.3, 0.4) is 0 Å². The van der Waals surface area contributed by atoms with Gasteiger partial charge in [-0.1, -0.05) is 23.2 Å². The zero-order valence-electron chi connectivity index (χ0n) is 7.60. The van der Waals surface area contributed by atoms with Gasteiger partial charge in [0.2, 0.25) is 5.39 Å². The van der Waals surface area contributed by atoms with Crippen LogP contribution in [0.4, 0.5) is 30.9 Å². The Morgan fingerprint density at radius 2 is 1.41 bits per heavy atom. The number of hydrogen-bond acceptors (Lipinski definition) is 1. The van der Waals surface area contributed by atoms with Crippen LogP contribution >= 0.6 is 31.0 Å². The molecule has 0 atom stereocenters. The van der Waals surface area contributed by atoms with Gasteiger partial charge in [-0.25, -0.2) is 0 Å². The molecule has 0 aromatic heterocycles. The van der Waals surface area contributed by atoms with E-state index in [1.165, 1.54) is 12.1 Å². The Balaban J connectivity index is 0.000000325. The maximum Gasteiger partial charge on any atom is 0.403 e. The van der Waals surface area contributed by atoms with Crippen molar-refractivity contribution in [2.45, 2.75) is 0 Å². The number of hydrogen-bond donors (Lipinski definition) is 0.